The van der Waals surface area contributed by atoms with Crippen molar-refractivity contribution in [1.29, 1.82) is 0 Å². The quantitative estimate of drug-likeness (QED) is 0.642. The van der Waals surface area contributed by atoms with Crippen LogP contribution in [0.2, 0.25) is 0 Å². The number of urea groups is 1. The highest BCUT2D eigenvalue weighted by atomic mass is 16.5. The first kappa shape index (κ1) is 15.8. The summed E-state index contributed by atoms with van der Waals surface area (Å²) in [6, 6.07) is 7.46. The lowest BCUT2D eigenvalue weighted by molar-refractivity contribution is -0.118. The van der Waals surface area contributed by atoms with Crippen LogP contribution in [0.25, 0.3) is 0 Å². The Bertz CT molecular complexity index is 449. The summed E-state index contributed by atoms with van der Waals surface area (Å²) in [6.07, 6.45) is 0.698. The maximum absolute atomic E-state index is 11.5. The van der Waals surface area contributed by atoms with Gasteiger partial charge in [0.1, 0.15) is 5.75 Å². The van der Waals surface area contributed by atoms with Crippen LogP contribution in [0.1, 0.15) is 12.5 Å². The van der Waals surface area contributed by atoms with E-state index in [9.17, 15) is 9.59 Å². The molecule has 1 aromatic rings. The second kappa shape index (κ2) is 8.79. The second-order valence-electron chi connectivity index (χ2n) is 4.23. The molecular formula is C14H21N3O3. The molecule has 110 valence electrons. The Kier molecular flexibility index (Phi) is 6.95. The smallest absolute Gasteiger partial charge is 0.314 e. The minimum absolute atomic E-state index is 0.108. The fraction of sp³-hybridized carbons (Fsp3) is 0.429. The number of benzene rings is 1. The number of nitrogens with one attached hydrogen (secondary N) is 3. The Morgan fingerprint density at radius 1 is 1.05 bits per heavy atom. The standard InChI is InChI=1S/C14H21N3O3/c1-11(18)15-9-10-17-14(19)16-8-7-12-5-3-4-6-13(12)20-2/h3-6H,7-10H2,1-2H3,(H,15,18)(H2,16,17,19). The molecule has 0 unspecified atom stereocenters. The minimum atomic E-state index is -0.245. The Morgan fingerprint density at radius 3 is 2.40 bits per heavy atom. The van der Waals surface area contributed by atoms with E-state index in [1.165, 1.54) is 6.92 Å². The van der Waals surface area contributed by atoms with Crippen LogP contribution in [-0.2, 0) is 11.2 Å². The van der Waals surface area contributed by atoms with Crippen LogP contribution in [0.5, 0.6) is 5.75 Å². The molecule has 0 aromatic heterocycles. The van der Waals surface area contributed by atoms with Crippen LogP contribution in [-0.4, -0.2) is 38.7 Å². The van der Waals surface area contributed by atoms with Crippen LogP contribution in [0.4, 0.5) is 4.79 Å². The van der Waals surface area contributed by atoms with E-state index >= 15 is 0 Å². The summed E-state index contributed by atoms with van der Waals surface area (Å²) in [5.74, 6) is 0.712. The summed E-state index contributed by atoms with van der Waals surface area (Å²) in [6.45, 7) is 2.79. The maximum Gasteiger partial charge on any atom is 0.314 e. The fourth-order valence-electron chi connectivity index (χ4n) is 1.70. The first-order valence-electron chi connectivity index (χ1n) is 6.51. The van der Waals surface area contributed by atoms with Gasteiger partial charge < -0.3 is 20.7 Å². The van der Waals surface area contributed by atoms with E-state index in [4.69, 9.17) is 4.74 Å². The average molecular weight is 279 g/mol. The molecule has 0 heterocycles. The summed E-state index contributed by atoms with van der Waals surface area (Å²) >= 11 is 0. The highest BCUT2D eigenvalue weighted by molar-refractivity contribution is 5.74. The lowest BCUT2D eigenvalue weighted by Crippen LogP contribution is -2.40. The van der Waals surface area contributed by atoms with Crippen LogP contribution < -0.4 is 20.7 Å². The molecule has 3 amide bonds. The van der Waals surface area contributed by atoms with E-state index < -0.39 is 0 Å². The van der Waals surface area contributed by atoms with Gasteiger partial charge in [-0.3, -0.25) is 4.79 Å². The Morgan fingerprint density at radius 2 is 1.70 bits per heavy atom. The number of carbonyl (C=O) groups is 2. The third-order valence-electron chi connectivity index (χ3n) is 2.66. The van der Waals surface area contributed by atoms with Gasteiger partial charge in [-0.25, -0.2) is 4.79 Å². The molecule has 0 aliphatic rings. The largest absolute Gasteiger partial charge is 0.496 e. The minimum Gasteiger partial charge on any atom is -0.496 e. The van der Waals surface area contributed by atoms with E-state index in [1.807, 2.05) is 24.3 Å². The van der Waals surface area contributed by atoms with Crippen molar-refractivity contribution in [1.82, 2.24) is 16.0 Å². The van der Waals surface area contributed by atoms with Crippen molar-refractivity contribution in [3.05, 3.63) is 29.8 Å². The molecule has 6 nitrogen and oxygen atoms in total. The molecule has 0 saturated carbocycles. The number of hydrogen-bond acceptors (Lipinski definition) is 3. The van der Waals surface area contributed by atoms with Gasteiger partial charge in [0, 0.05) is 26.6 Å². The third kappa shape index (κ3) is 6.08. The van der Waals surface area contributed by atoms with Gasteiger partial charge >= 0.3 is 6.03 Å². The van der Waals surface area contributed by atoms with Crippen molar-refractivity contribution in [2.45, 2.75) is 13.3 Å². The summed E-state index contributed by atoms with van der Waals surface area (Å²) in [5, 5.41) is 8.01. The highest BCUT2D eigenvalue weighted by Gasteiger charge is 2.03. The second-order valence-corrected chi connectivity index (χ2v) is 4.23. The summed E-state index contributed by atoms with van der Waals surface area (Å²) in [4.78, 5) is 22.1. The number of hydrogen-bond donors (Lipinski definition) is 3. The zero-order chi connectivity index (χ0) is 14.8. The van der Waals surface area contributed by atoms with Crippen molar-refractivity contribution in [3.8, 4) is 5.75 Å². The molecule has 0 spiro atoms. The molecule has 0 fully saturated rings. The summed E-state index contributed by atoms with van der Waals surface area (Å²) < 4.78 is 5.24. The van der Waals surface area contributed by atoms with Crippen LogP contribution in [0.15, 0.2) is 24.3 Å². The third-order valence-corrected chi connectivity index (χ3v) is 2.66. The number of carbonyl (C=O) groups excluding carboxylic acids is 2. The van der Waals surface area contributed by atoms with Crippen molar-refractivity contribution in [2.75, 3.05) is 26.7 Å². The van der Waals surface area contributed by atoms with Crippen LogP contribution in [0.3, 0.4) is 0 Å². The van der Waals surface area contributed by atoms with E-state index in [0.717, 1.165) is 11.3 Å². The van der Waals surface area contributed by atoms with Gasteiger partial charge in [-0.15, -0.1) is 0 Å². The molecule has 1 rings (SSSR count). The van der Waals surface area contributed by atoms with Crippen molar-refractivity contribution < 1.29 is 14.3 Å². The molecule has 0 atom stereocenters. The monoisotopic (exact) mass is 279 g/mol. The SMILES string of the molecule is COc1ccccc1CCNC(=O)NCCNC(C)=O. The predicted octanol–water partition coefficient (Wildman–Crippen LogP) is 0.673. The molecule has 20 heavy (non-hydrogen) atoms. The summed E-state index contributed by atoms with van der Waals surface area (Å²) in [7, 11) is 1.63. The highest BCUT2D eigenvalue weighted by Crippen LogP contribution is 2.16. The van der Waals surface area contributed by atoms with Crippen LogP contribution in [0, 0.1) is 0 Å². The number of ether oxygens (including phenoxy) is 1. The number of rotatable bonds is 7. The zero-order valence-corrected chi connectivity index (χ0v) is 11.9. The molecular weight excluding hydrogens is 258 g/mol. The van der Waals surface area contributed by atoms with E-state index in [0.29, 0.717) is 26.1 Å². The molecule has 1 aromatic carbocycles. The topological polar surface area (TPSA) is 79.5 Å². The first-order valence-corrected chi connectivity index (χ1v) is 6.51. The van der Waals surface area contributed by atoms with E-state index in [-0.39, 0.29) is 11.9 Å². The fourth-order valence-corrected chi connectivity index (χ4v) is 1.70. The molecule has 0 aliphatic heterocycles. The Labute approximate surface area is 118 Å². The van der Waals surface area contributed by atoms with Gasteiger partial charge in [0.25, 0.3) is 0 Å². The zero-order valence-electron chi connectivity index (χ0n) is 11.9. The van der Waals surface area contributed by atoms with Gasteiger partial charge in [0.05, 0.1) is 7.11 Å². The molecule has 0 saturated heterocycles. The van der Waals surface area contributed by atoms with E-state index in [2.05, 4.69) is 16.0 Å². The van der Waals surface area contributed by atoms with Crippen molar-refractivity contribution in [2.24, 2.45) is 0 Å². The van der Waals surface area contributed by atoms with Gasteiger partial charge in [-0.05, 0) is 18.1 Å². The van der Waals surface area contributed by atoms with Gasteiger partial charge in [0.15, 0.2) is 0 Å². The average Bonchev–Trinajstić information content (AvgIpc) is 2.44. The van der Waals surface area contributed by atoms with Crippen LogP contribution >= 0.6 is 0 Å². The molecule has 3 N–H and O–H groups in total. The molecule has 0 bridgehead atoms. The van der Waals surface area contributed by atoms with Gasteiger partial charge in [-0.2, -0.15) is 0 Å². The predicted molar refractivity (Wildman–Crippen MR) is 76.8 cm³/mol. The Balaban J connectivity index is 2.20. The Hall–Kier alpha value is -2.24. The number of methoxy groups -OCH3 is 1. The van der Waals surface area contributed by atoms with Gasteiger partial charge in [0.2, 0.25) is 5.91 Å². The molecule has 0 aliphatic carbocycles. The first-order chi connectivity index (χ1) is 9.63. The van der Waals surface area contributed by atoms with Gasteiger partial charge in [-0.1, -0.05) is 18.2 Å². The lowest BCUT2D eigenvalue weighted by atomic mass is 10.1. The maximum atomic E-state index is 11.5. The normalized spacial score (nSPS) is 9.70. The number of para-hydroxylation sites is 1. The molecule has 6 heteroatoms. The summed E-state index contributed by atoms with van der Waals surface area (Å²) in [5.41, 5.74) is 1.05. The molecule has 0 radical (unpaired) electrons. The van der Waals surface area contributed by atoms with E-state index in [1.54, 1.807) is 7.11 Å². The lowest BCUT2D eigenvalue weighted by Gasteiger charge is -2.10. The van der Waals surface area contributed by atoms with Crippen molar-refractivity contribution in [3.63, 3.8) is 0 Å². The van der Waals surface area contributed by atoms with Crippen molar-refractivity contribution >= 4 is 11.9 Å². The number of amides is 3.